The van der Waals surface area contributed by atoms with Crippen LogP contribution in [-0.4, -0.2) is 50.3 Å². The molecule has 0 spiro atoms. The quantitative estimate of drug-likeness (QED) is 0.667. The van der Waals surface area contributed by atoms with Crippen LogP contribution in [0.1, 0.15) is 26.7 Å². The number of benzene rings is 2. The van der Waals surface area contributed by atoms with Crippen molar-refractivity contribution in [3.63, 3.8) is 0 Å². The van der Waals surface area contributed by atoms with Gasteiger partial charge in [0.1, 0.15) is 11.5 Å². The Kier molecular flexibility index (Phi) is 6.57. The zero-order valence-corrected chi connectivity index (χ0v) is 19.4. The number of nitrogens with one attached hydrogen (secondary N) is 2. The Morgan fingerprint density at radius 1 is 1.18 bits per heavy atom. The van der Waals surface area contributed by atoms with Crippen molar-refractivity contribution in [2.24, 2.45) is 5.92 Å². The molecule has 0 aliphatic carbocycles. The molecule has 2 aromatic carbocycles. The summed E-state index contributed by atoms with van der Waals surface area (Å²) < 4.78 is 38.5. The van der Waals surface area contributed by atoms with Crippen LogP contribution >= 0.6 is 0 Å². The number of rotatable bonds is 6. The molecule has 33 heavy (non-hydrogen) atoms. The molecule has 1 fully saturated rings. The fraction of sp³-hybridized carbons (Fsp3) is 0.391. The standard InChI is InChI=1S/C23H27N3O6S/c1-3-31-18-6-4-17(5-7-18)24-23(28)16-10-12-26(13-11-16)33(29,30)19-8-9-21-20(14-19)25-22(27)15(2)32-21/h4-9,14-16H,3,10-13H2,1-2H3,(H,24,28)(H,25,27)/t15-/m1/s1. The molecule has 1 atom stereocenters. The maximum Gasteiger partial charge on any atom is 0.265 e. The number of hydrogen-bond acceptors (Lipinski definition) is 6. The lowest BCUT2D eigenvalue weighted by Crippen LogP contribution is -2.41. The monoisotopic (exact) mass is 473 g/mol. The summed E-state index contributed by atoms with van der Waals surface area (Å²) in [4.78, 5) is 24.6. The molecule has 0 saturated carbocycles. The largest absolute Gasteiger partial charge is 0.494 e. The topological polar surface area (TPSA) is 114 Å². The normalized spacial score (nSPS) is 19.2. The summed E-state index contributed by atoms with van der Waals surface area (Å²) in [6.07, 6.45) is 0.210. The molecule has 2 heterocycles. The Balaban J connectivity index is 1.37. The number of fused-ring (bicyclic) bond motifs is 1. The summed E-state index contributed by atoms with van der Waals surface area (Å²) in [5.41, 5.74) is 1.01. The van der Waals surface area contributed by atoms with E-state index in [-0.39, 0.29) is 35.7 Å². The van der Waals surface area contributed by atoms with Gasteiger partial charge in [-0.2, -0.15) is 4.31 Å². The van der Waals surface area contributed by atoms with Crippen LogP contribution in [0.4, 0.5) is 11.4 Å². The van der Waals surface area contributed by atoms with E-state index in [1.54, 1.807) is 37.3 Å². The molecule has 0 radical (unpaired) electrons. The Labute approximate surface area is 193 Å². The summed E-state index contributed by atoms with van der Waals surface area (Å²) in [6, 6.07) is 11.6. The summed E-state index contributed by atoms with van der Waals surface area (Å²) in [7, 11) is -3.76. The molecule has 0 aromatic heterocycles. The maximum absolute atomic E-state index is 13.1. The Bertz CT molecular complexity index is 1140. The van der Waals surface area contributed by atoms with Gasteiger partial charge in [0.2, 0.25) is 15.9 Å². The number of carbonyl (C=O) groups excluding carboxylic acids is 2. The molecule has 2 aliphatic heterocycles. The second-order valence-electron chi connectivity index (χ2n) is 8.03. The number of hydrogen-bond donors (Lipinski definition) is 2. The van der Waals surface area contributed by atoms with E-state index < -0.39 is 16.1 Å². The fourth-order valence-electron chi connectivity index (χ4n) is 3.90. The zero-order valence-electron chi connectivity index (χ0n) is 18.5. The van der Waals surface area contributed by atoms with E-state index in [0.29, 0.717) is 36.6 Å². The maximum atomic E-state index is 13.1. The lowest BCUT2D eigenvalue weighted by Gasteiger charge is -2.31. The average molecular weight is 474 g/mol. The molecule has 4 rings (SSSR count). The van der Waals surface area contributed by atoms with Crippen LogP contribution in [0.25, 0.3) is 0 Å². The van der Waals surface area contributed by atoms with Crippen molar-refractivity contribution < 1.29 is 27.5 Å². The van der Waals surface area contributed by atoms with Gasteiger partial charge in [0.15, 0.2) is 6.10 Å². The van der Waals surface area contributed by atoms with Crippen LogP contribution in [0.15, 0.2) is 47.4 Å². The Hall–Kier alpha value is -3.11. The highest BCUT2D eigenvalue weighted by Gasteiger charge is 2.33. The number of carbonyl (C=O) groups is 2. The lowest BCUT2D eigenvalue weighted by molar-refractivity contribution is -0.123. The zero-order chi connectivity index (χ0) is 23.6. The number of ether oxygens (including phenoxy) is 2. The van der Waals surface area contributed by atoms with Gasteiger partial charge < -0.3 is 20.1 Å². The van der Waals surface area contributed by atoms with Gasteiger partial charge in [-0.15, -0.1) is 0 Å². The van der Waals surface area contributed by atoms with Gasteiger partial charge in [0, 0.05) is 24.7 Å². The molecule has 2 aliphatic rings. The minimum absolute atomic E-state index is 0.0805. The third-order valence-corrected chi connectivity index (χ3v) is 7.67. The van der Waals surface area contributed by atoms with Crippen molar-refractivity contribution in [3.05, 3.63) is 42.5 Å². The number of piperidine rings is 1. The van der Waals surface area contributed by atoms with Crippen LogP contribution < -0.4 is 20.1 Å². The van der Waals surface area contributed by atoms with Crippen molar-refractivity contribution >= 4 is 33.2 Å². The van der Waals surface area contributed by atoms with Gasteiger partial charge >= 0.3 is 0 Å². The van der Waals surface area contributed by atoms with Crippen molar-refractivity contribution in [1.29, 1.82) is 0 Å². The molecular weight excluding hydrogens is 446 g/mol. The third kappa shape index (κ3) is 4.96. The summed E-state index contributed by atoms with van der Waals surface area (Å²) in [5.74, 6) is 0.443. The Morgan fingerprint density at radius 2 is 1.88 bits per heavy atom. The van der Waals surface area contributed by atoms with E-state index in [4.69, 9.17) is 9.47 Å². The van der Waals surface area contributed by atoms with E-state index in [1.807, 2.05) is 6.92 Å². The number of anilines is 2. The first-order valence-electron chi connectivity index (χ1n) is 10.9. The summed E-state index contributed by atoms with van der Waals surface area (Å²) in [6.45, 7) is 4.57. The van der Waals surface area contributed by atoms with Gasteiger partial charge in [-0.25, -0.2) is 8.42 Å². The first-order chi connectivity index (χ1) is 15.8. The lowest BCUT2D eigenvalue weighted by atomic mass is 9.97. The number of sulfonamides is 1. The molecule has 2 aromatic rings. The molecule has 2 amide bonds. The van der Waals surface area contributed by atoms with Gasteiger partial charge in [0.05, 0.1) is 17.2 Å². The molecule has 176 valence electrons. The second kappa shape index (κ2) is 9.40. The van der Waals surface area contributed by atoms with Crippen molar-refractivity contribution in [2.75, 3.05) is 30.3 Å². The minimum atomic E-state index is -3.76. The van der Waals surface area contributed by atoms with Crippen molar-refractivity contribution in [3.8, 4) is 11.5 Å². The molecular formula is C23H27N3O6S. The Morgan fingerprint density at radius 3 is 2.55 bits per heavy atom. The van der Waals surface area contributed by atoms with Crippen LogP contribution in [0.2, 0.25) is 0 Å². The number of nitrogens with zero attached hydrogens (tertiary/aromatic N) is 1. The van der Waals surface area contributed by atoms with Crippen molar-refractivity contribution in [1.82, 2.24) is 4.31 Å². The molecule has 0 unspecified atom stereocenters. The van der Waals surface area contributed by atoms with Gasteiger partial charge in [0.25, 0.3) is 5.91 Å². The number of amides is 2. The molecule has 2 N–H and O–H groups in total. The van der Waals surface area contributed by atoms with Gasteiger partial charge in [-0.05, 0) is 69.2 Å². The highest BCUT2D eigenvalue weighted by atomic mass is 32.2. The molecule has 1 saturated heterocycles. The minimum Gasteiger partial charge on any atom is -0.494 e. The van der Waals surface area contributed by atoms with Crippen LogP contribution in [0.5, 0.6) is 11.5 Å². The second-order valence-corrected chi connectivity index (χ2v) is 9.97. The first kappa shape index (κ1) is 23.1. The van der Waals surface area contributed by atoms with Gasteiger partial charge in [-0.3, -0.25) is 9.59 Å². The van der Waals surface area contributed by atoms with Crippen molar-refractivity contribution in [2.45, 2.75) is 37.7 Å². The smallest absolute Gasteiger partial charge is 0.265 e. The van der Waals surface area contributed by atoms with E-state index in [0.717, 1.165) is 5.75 Å². The molecule has 10 heteroatoms. The predicted molar refractivity (Wildman–Crippen MR) is 123 cm³/mol. The highest BCUT2D eigenvalue weighted by Crippen LogP contribution is 2.33. The van der Waals surface area contributed by atoms with E-state index in [2.05, 4.69) is 10.6 Å². The SMILES string of the molecule is CCOc1ccc(NC(=O)C2CCN(S(=O)(=O)c3ccc4c(c3)NC(=O)[C@@H](C)O4)CC2)cc1. The van der Waals surface area contributed by atoms with Crippen LogP contribution in [0, 0.1) is 5.92 Å². The van der Waals surface area contributed by atoms with E-state index >= 15 is 0 Å². The van der Waals surface area contributed by atoms with Crippen LogP contribution in [0.3, 0.4) is 0 Å². The fourth-order valence-corrected chi connectivity index (χ4v) is 5.40. The first-order valence-corrected chi connectivity index (χ1v) is 12.4. The van der Waals surface area contributed by atoms with E-state index in [1.165, 1.54) is 16.4 Å². The average Bonchev–Trinajstić information content (AvgIpc) is 2.81. The third-order valence-electron chi connectivity index (χ3n) is 5.78. The summed E-state index contributed by atoms with van der Waals surface area (Å²) in [5, 5.41) is 5.56. The van der Waals surface area contributed by atoms with E-state index in [9.17, 15) is 18.0 Å². The predicted octanol–water partition coefficient (Wildman–Crippen LogP) is 2.84. The summed E-state index contributed by atoms with van der Waals surface area (Å²) >= 11 is 0. The molecule has 0 bridgehead atoms. The van der Waals surface area contributed by atoms with Crippen LogP contribution in [-0.2, 0) is 19.6 Å². The highest BCUT2D eigenvalue weighted by molar-refractivity contribution is 7.89. The van der Waals surface area contributed by atoms with Gasteiger partial charge in [-0.1, -0.05) is 0 Å². The molecule has 9 nitrogen and oxygen atoms in total.